The van der Waals surface area contributed by atoms with Crippen molar-refractivity contribution in [2.45, 2.75) is 0 Å². The Morgan fingerprint density at radius 3 is 2.46 bits per heavy atom. The number of anilines is 2. The van der Waals surface area contributed by atoms with Crippen LogP contribution in [0.3, 0.4) is 0 Å². The van der Waals surface area contributed by atoms with Crippen LogP contribution >= 0.6 is 15.9 Å². The van der Waals surface area contributed by atoms with Gasteiger partial charge >= 0.3 is 0 Å². The molecule has 0 bridgehead atoms. The van der Waals surface area contributed by atoms with Crippen LogP contribution in [0.4, 0.5) is 21.6 Å². The molecule has 9 heteroatoms. The Bertz CT molecular complexity index is 849. The van der Waals surface area contributed by atoms with Gasteiger partial charge in [-0.3, -0.25) is 10.7 Å². The molecule has 0 spiro atoms. The van der Waals surface area contributed by atoms with E-state index in [1.807, 2.05) is 17.6 Å². The van der Waals surface area contributed by atoms with E-state index in [4.69, 9.17) is 4.63 Å². The van der Waals surface area contributed by atoms with E-state index in [1.165, 1.54) is 24.3 Å². The van der Waals surface area contributed by atoms with Crippen molar-refractivity contribution >= 4 is 39.0 Å². The van der Waals surface area contributed by atoms with Gasteiger partial charge in [0.2, 0.25) is 5.82 Å². The van der Waals surface area contributed by atoms with Gasteiger partial charge in [-0.1, -0.05) is 15.9 Å². The van der Waals surface area contributed by atoms with Gasteiger partial charge in [0.1, 0.15) is 5.82 Å². The maximum absolute atomic E-state index is 13.0. The van der Waals surface area contributed by atoms with Crippen LogP contribution in [-0.2, 0) is 0 Å². The predicted molar refractivity (Wildman–Crippen MR) is 89.2 cm³/mol. The van der Waals surface area contributed by atoms with Gasteiger partial charge in [-0.05, 0) is 58.8 Å². The Morgan fingerprint density at radius 1 is 1.08 bits per heavy atom. The zero-order valence-electron chi connectivity index (χ0n) is 12.1. The van der Waals surface area contributed by atoms with Crippen molar-refractivity contribution in [1.82, 2.24) is 15.8 Å². The molecule has 0 fully saturated rings. The lowest BCUT2D eigenvalue weighted by Gasteiger charge is -2.05. The van der Waals surface area contributed by atoms with Crippen LogP contribution in [0.25, 0.3) is 0 Å². The van der Waals surface area contributed by atoms with Crippen molar-refractivity contribution in [2.24, 2.45) is 4.99 Å². The molecule has 7 nitrogen and oxygen atoms in total. The second-order valence-electron chi connectivity index (χ2n) is 4.64. The lowest BCUT2D eigenvalue weighted by atomic mass is 10.3. The fourth-order valence-corrected chi connectivity index (χ4v) is 2.14. The van der Waals surface area contributed by atoms with Crippen molar-refractivity contribution in [3.8, 4) is 0 Å². The number of nitrogens with one attached hydrogen (secondary N) is 2. The molecule has 122 valence electrons. The third kappa shape index (κ3) is 3.76. The second kappa shape index (κ2) is 7.20. The van der Waals surface area contributed by atoms with E-state index in [0.29, 0.717) is 11.4 Å². The van der Waals surface area contributed by atoms with Gasteiger partial charge in [0.25, 0.3) is 0 Å². The summed E-state index contributed by atoms with van der Waals surface area (Å²) in [5, 5.41) is 19.7. The smallest absolute Gasteiger partial charge is 0.206 e. The largest absolute Gasteiger partial charge is 0.335 e. The van der Waals surface area contributed by atoms with E-state index in [-0.39, 0.29) is 23.2 Å². The van der Waals surface area contributed by atoms with Crippen LogP contribution in [0, 0.1) is 5.82 Å². The topological polar surface area (TPSA) is 95.6 Å². The lowest BCUT2D eigenvalue weighted by Crippen LogP contribution is -2.21. The Hall–Kier alpha value is -2.78. The normalized spacial score (nSPS) is 11.4. The molecular weight excluding hydrogens is 381 g/mol. The summed E-state index contributed by atoms with van der Waals surface area (Å²) in [5.41, 5.74) is 3.32. The number of aromatic nitrogens is 2. The van der Waals surface area contributed by atoms with Crippen LogP contribution in [0.1, 0.15) is 5.69 Å². The van der Waals surface area contributed by atoms with Crippen molar-refractivity contribution < 1.29 is 14.2 Å². The van der Waals surface area contributed by atoms with Crippen LogP contribution in [0.15, 0.2) is 62.6 Å². The van der Waals surface area contributed by atoms with E-state index >= 15 is 0 Å². The first-order chi connectivity index (χ1) is 11.7. The van der Waals surface area contributed by atoms with Crippen LogP contribution in [-0.4, -0.2) is 21.4 Å². The highest BCUT2D eigenvalue weighted by Crippen LogP contribution is 2.21. The Kier molecular flexibility index (Phi) is 4.82. The van der Waals surface area contributed by atoms with E-state index in [2.05, 4.69) is 36.6 Å². The predicted octanol–water partition coefficient (Wildman–Crippen LogP) is 3.77. The molecule has 1 aromatic heterocycles. The Morgan fingerprint density at radius 2 is 1.79 bits per heavy atom. The summed E-state index contributed by atoms with van der Waals surface area (Å²) >= 11 is 3.33. The zero-order chi connectivity index (χ0) is 16.9. The van der Waals surface area contributed by atoms with Gasteiger partial charge in [-0.15, -0.1) is 0 Å². The lowest BCUT2D eigenvalue weighted by molar-refractivity contribution is 0.234. The highest BCUT2D eigenvalue weighted by Gasteiger charge is 2.16. The second-order valence-corrected chi connectivity index (χ2v) is 5.56. The summed E-state index contributed by atoms with van der Waals surface area (Å²) in [6.45, 7) is 0. The average molecular weight is 392 g/mol. The van der Waals surface area contributed by atoms with Gasteiger partial charge in [0.15, 0.2) is 11.5 Å². The van der Waals surface area contributed by atoms with E-state index in [0.717, 1.165) is 4.47 Å². The summed E-state index contributed by atoms with van der Waals surface area (Å²) in [6.07, 6.45) is 0. The first-order valence-corrected chi connectivity index (χ1v) is 7.55. The molecule has 3 rings (SSSR count). The van der Waals surface area contributed by atoms with E-state index in [1.54, 1.807) is 12.1 Å². The van der Waals surface area contributed by atoms with E-state index in [9.17, 15) is 9.60 Å². The number of hydrogen-bond acceptors (Lipinski definition) is 6. The molecular formula is C15H11BrFN5O2. The van der Waals surface area contributed by atoms with Gasteiger partial charge < -0.3 is 5.32 Å². The zero-order valence-corrected chi connectivity index (χ0v) is 13.7. The summed E-state index contributed by atoms with van der Waals surface area (Å²) < 4.78 is 18.6. The van der Waals surface area contributed by atoms with Gasteiger partial charge in [-0.25, -0.2) is 14.0 Å². The molecule has 0 radical (unpaired) electrons. The van der Waals surface area contributed by atoms with Crippen molar-refractivity contribution in [3.63, 3.8) is 0 Å². The van der Waals surface area contributed by atoms with Crippen LogP contribution < -0.4 is 10.8 Å². The van der Waals surface area contributed by atoms with Gasteiger partial charge in [-0.2, -0.15) is 0 Å². The number of rotatable bonds is 4. The maximum Gasteiger partial charge on any atom is 0.206 e. The van der Waals surface area contributed by atoms with Crippen molar-refractivity contribution in [2.75, 3.05) is 5.32 Å². The molecule has 2 aromatic carbocycles. The number of hydroxylamine groups is 1. The number of hydrogen-bond donors (Lipinski definition) is 3. The fourth-order valence-electron chi connectivity index (χ4n) is 1.87. The molecule has 0 aliphatic heterocycles. The molecule has 0 amide bonds. The van der Waals surface area contributed by atoms with Crippen molar-refractivity contribution in [3.05, 3.63) is 64.5 Å². The number of halogens is 2. The monoisotopic (exact) mass is 391 g/mol. The molecule has 0 aliphatic rings. The summed E-state index contributed by atoms with van der Waals surface area (Å²) in [6, 6.07) is 12.8. The van der Waals surface area contributed by atoms with Crippen molar-refractivity contribution in [1.29, 1.82) is 0 Å². The Balaban J connectivity index is 1.89. The number of aliphatic imine (C=N–C) groups is 1. The van der Waals surface area contributed by atoms with Gasteiger partial charge in [0.05, 0.1) is 5.69 Å². The molecule has 0 aliphatic carbocycles. The summed E-state index contributed by atoms with van der Waals surface area (Å²) in [7, 11) is 0. The molecule has 0 atom stereocenters. The average Bonchev–Trinajstić information content (AvgIpc) is 3.04. The Labute approximate surface area is 144 Å². The summed E-state index contributed by atoms with van der Waals surface area (Å²) in [5.74, 6) is -0.0872. The quantitative estimate of drug-likeness (QED) is 0.356. The molecule has 0 saturated heterocycles. The third-order valence-corrected chi connectivity index (χ3v) is 3.52. The fraction of sp³-hybridized carbons (Fsp3) is 0. The summed E-state index contributed by atoms with van der Waals surface area (Å²) in [4.78, 5) is 4.25. The highest BCUT2D eigenvalue weighted by molar-refractivity contribution is 9.10. The van der Waals surface area contributed by atoms with Crippen LogP contribution in [0.2, 0.25) is 0 Å². The molecule has 24 heavy (non-hydrogen) atoms. The molecule has 3 N–H and O–H groups in total. The molecule has 3 aromatic rings. The molecule has 0 unspecified atom stereocenters. The first kappa shape index (κ1) is 16.1. The minimum absolute atomic E-state index is 0.0446. The first-order valence-electron chi connectivity index (χ1n) is 6.75. The number of benzene rings is 2. The SMILES string of the molecule is ONC(=Nc1ccc(Br)cc1)c1nonc1Nc1ccc(F)cc1. The third-order valence-electron chi connectivity index (χ3n) is 2.99. The minimum atomic E-state index is -0.353. The number of amidine groups is 1. The highest BCUT2D eigenvalue weighted by atomic mass is 79.9. The van der Waals surface area contributed by atoms with Gasteiger partial charge in [0, 0.05) is 10.2 Å². The molecule has 0 saturated carbocycles. The standard InChI is InChI=1S/C15H11BrFN5O2/c16-9-1-5-11(6-2-9)18-14(20-23)13-15(22-24-21-13)19-12-7-3-10(17)4-8-12/h1-8,23H,(H,18,20)(H,19,22). The number of nitrogens with zero attached hydrogens (tertiary/aromatic N) is 3. The molecule has 1 heterocycles. The van der Waals surface area contributed by atoms with E-state index < -0.39 is 0 Å². The maximum atomic E-state index is 13.0. The minimum Gasteiger partial charge on any atom is -0.335 e. The van der Waals surface area contributed by atoms with Crippen LogP contribution in [0.5, 0.6) is 0 Å².